The highest BCUT2D eigenvalue weighted by atomic mass is 16.2. The second kappa shape index (κ2) is 17.4. The number of aromatic nitrogens is 1. The zero-order chi connectivity index (χ0) is 36.3. The fourth-order valence-electron chi connectivity index (χ4n) is 6.71. The number of nitrogens with zero attached hydrogens (tertiary/aromatic N) is 2. The molecule has 12 heteroatoms. The maximum Gasteiger partial charge on any atom is 0.264 e. The Balaban J connectivity index is 0.817. The van der Waals surface area contributed by atoms with Gasteiger partial charge in [0.2, 0.25) is 17.7 Å². The minimum atomic E-state index is -1.04. The third-order valence-corrected chi connectivity index (χ3v) is 9.46. The Bertz CT molecular complexity index is 1930. The van der Waals surface area contributed by atoms with Gasteiger partial charge in [-0.2, -0.15) is 0 Å². The number of anilines is 4. The maximum atomic E-state index is 13.2. The molecule has 1 saturated heterocycles. The summed E-state index contributed by atoms with van der Waals surface area (Å²) in [6, 6.07) is 22.2. The minimum Gasteiger partial charge on any atom is -0.385 e. The van der Waals surface area contributed by atoms with E-state index < -0.39 is 29.7 Å². The van der Waals surface area contributed by atoms with E-state index in [1.807, 2.05) is 42.6 Å². The average molecular weight is 704 g/mol. The van der Waals surface area contributed by atoms with Crippen molar-refractivity contribution >= 4 is 63.2 Å². The highest BCUT2D eigenvalue weighted by molar-refractivity contribution is 6.25. The molecule has 2 aliphatic rings. The van der Waals surface area contributed by atoms with Crippen LogP contribution in [0.5, 0.6) is 0 Å². The molecular weight excluding hydrogens is 658 g/mol. The minimum absolute atomic E-state index is 0.0511. The molecule has 0 radical (unpaired) electrons. The number of nitrogens with one attached hydrogen (secondary N) is 5. The van der Waals surface area contributed by atoms with Crippen LogP contribution in [0.1, 0.15) is 84.9 Å². The first-order valence-corrected chi connectivity index (χ1v) is 18.2. The van der Waals surface area contributed by atoms with E-state index in [0.717, 1.165) is 65.1 Å². The molecule has 1 atom stereocenters. The Morgan fingerprint density at radius 1 is 0.750 bits per heavy atom. The number of carbonyl (C=O) groups is 5. The molecule has 3 aromatic carbocycles. The molecule has 2 aliphatic heterocycles. The number of rotatable bonds is 18. The molecule has 0 bridgehead atoms. The normalized spacial score (nSPS) is 15.4. The van der Waals surface area contributed by atoms with Gasteiger partial charge in [0.25, 0.3) is 11.8 Å². The van der Waals surface area contributed by atoms with Crippen molar-refractivity contribution in [3.63, 3.8) is 0 Å². The molecule has 12 nitrogen and oxygen atoms in total. The molecule has 1 aromatic heterocycles. The lowest BCUT2D eigenvalue weighted by atomic mass is 10.0. The highest BCUT2D eigenvalue weighted by Crippen LogP contribution is 2.32. The first-order chi connectivity index (χ1) is 25.4. The van der Waals surface area contributed by atoms with Crippen molar-refractivity contribution in [1.29, 1.82) is 0 Å². The van der Waals surface area contributed by atoms with Gasteiger partial charge in [-0.15, -0.1) is 0 Å². The van der Waals surface area contributed by atoms with Crippen LogP contribution in [0.3, 0.4) is 0 Å². The molecular formula is C40H45N7O5. The summed E-state index contributed by atoms with van der Waals surface area (Å²) in [5.41, 5.74) is 4.78. The molecule has 270 valence electrons. The van der Waals surface area contributed by atoms with E-state index in [1.165, 1.54) is 31.7 Å². The summed E-state index contributed by atoms with van der Waals surface area (Å²) in [6.07, 6.45) is 10.8. The number of amides is 5. The van der Waals surface area contributed by atoms with Crippen molar-refractivity contribution in [3.05, 3.63) is 90.1 Å². The molecule has 4 aromatic rings. The highest BCUT2D eigenvalue weighted by Gasteiger charge is 2.45. The van der Waals surface area contributed by atoms with Crippen LogP contribution in [0.25, 0.3) is 10.9 Å². The van der Waals surface area contributed by atoms with Gasteiger partial charge in [0.15, 0.2) is 0 Å². The Hall–Kier alpha value is -5.78. The standard InChI is InChI=1S/C40H45N7O5/c48-35-20-19-34(38(50)46-35)47-39(51)29-15-12-16-33(37(29)40(47)52)44-26-36(49)43-23-11-6-4-2-1-3-5-10-22-41-28-17-18-31-30(25-28)32(21-24-42-31)45-27-13-8-7-9-14-27/h7-9,12-18,21,24-25,34,41,44H,1-6,10-11,19-20,22-23,26H2,(H,42,45)(H,43,49)(H,46,48,50). The molecule has 5 amide bonds. The number of fused-ring (bicyclic) bond motifs is 2. The fourth-order valence-corrected chi connectivity index (χ4v) is 6.71. The Morgan fingerprint density at radius 3 is 2.27 bits per heavy atom. The lowest BCUT2D eigenvalue weighted by Gasteiger charge is -2.27. The van der Waals surface area contributed by atoms with Crippen molar-refractivity contribution < 1.29 is 24.0 Å². The van der Waals surface area contributed by atoms with Gasteiger partial charge < -0.3 is 21.3 Å². The van der Waals surface area contributed by atoms with E-state index in [-0.39, 0.29) is 36.4 Å². The number of carbonyl (C=O) groups excluding carboxylic acids is 5. The van der Waals surface area contributed by atoms with E-state index >= 15 is 0 Å². The van der Waals surface area contributed by atoms with Crippen molar-refractivity contribution in [2.75, 3.05) is 35.6 Å². The van der Waals surface area contributed by atoms with Crippen LogP contribution in [0.4, 0.5) is 22.7 Å². The van der Waals surface area contributed by atoms with E-state index in [1.54, 1.807) is 12.1 Å². The number of piperidine rings is 1. The van der Waals surface area contributed by atoms with Gasteiger partial charge in [0, 0.05) is 53.8 Å². The smallest absolute Gasteiger partial charge is 0.264 e. The molecule has 3 heterocycles. The summed E-state index contributed by atoms with van der Waals surface area (Å²) >= 11 is 0. The molecule has 1 unspecified atom stereocenters. The molecule has 52 heavy (non-hydrogen) atoms. The monoisotopic (exact) mass is 703 g/mol. The van der Waals surface area contributed by atoms with Crippen LogP contribution < -0.4 is 26.6 Å². The van der Waals surface area contributed by atoms with Crippen LogP contribution in [0.15, 0.2) is 79.0 Å². The molecule has 0 aliphatic carbocycles. The quantitative estimate of drug-likeness (QED) is 0.0606. The van der Waals surface area contributed by atoms with E-state index in [4.69, 9.17) is 0 Å². The number of para-hydroxylation sites is 1. The van der Waals surface area contributed by atoms with E-state index in [9.17, 15) is 24.0 Å². The third-order valence-electron chi connectivity index (χ3n) is 9.46. The Morgan fingerprint density at radius 2 is 1.50 bits per heavy atom. The first-order valence-electron chi connectivity index (χ1n) is 18.2. The predicted molar refractivity (Wildman–Crippen MR) is 202 cm³/mol. The van der Waals surface area contributed by atoms with Gasteiger partial charge in [0.1, 0.15) is 6.04 Å². The summed E-state index contributed by atoms with van der Waals surface area (Å²) in [6.45, 7) is 1.42. The second-order valence-electron chi connectivity index (χ2n) is 13.2. The average Bonchev–Trinajstić information content (AvgIpc) is 3.41. The van der Waals surface area contributed by atoms with Gasteiger partial charge in [-0.3, -0.25) is 39.2 Å². The Labute approximate surface area is 303 Å². The topological polar surface area (TPSA) is 162 Å². The SMILES string of the molecule is O=C(CNc1cccc2c1C(=O)N(C1CCC(=O)NC1=O)C2=O)NCCCCCCCCCCNc1ccc2nccc(Nc3ccccc3)c2c1. The number of unbranched alkanes of at least 4 members (excludes halogenated alkanes) is 7. The summed E-state index contributed by atoms with van der Waals surface area (Å²) < 4.78 is 0. The number of hydrogen-bond donors (Lipinski definition) is 5. The summed E-state index contributed by atoms with van der Waals surface area (Å²) in [5.74, 6) is -2.49. The fraction of sp³-hybridized carbons (Fsp3) is 0.350. The zero-order valence-corrected chi connectivity index (χ0v) is 29.2. The molecule has 6 rings (SSSR count). The lowest BCUT2D eigenvalue weighted by Crippen LogP contribution is -2.54. The van der Waals surface area contributed by atoms with Gasteiger partial charge in [-0.25, -0.2) is 0 Å². The van der Waals surface area contributed by atoms with Gasteiger partial charge in [-0.05, 0) is 67.8 Å². The van der Waals surface area contributed by atoms with Crippen molar-refractivity contribution in [2.24, 2.45) is 0 Å². The molecule has 1 fully saturated rings. The predicted octanol–water partition coefficient (Wildman–Crippen LogP) is 6.14. The van der Waals surface area contributed by atoms with Gasteiger partial charge in [0.05, 0.1) is 23.2 Å². The second-order valence-corrected chi connectivity index (χ2v) is 13.2. The van der Waals surface area contributed by atoms with Gasteiger partial charge in [-0.1, -0.05) is 62.8 Å². The van der Waals surface area contributed by atoms with Crippen molar-refractivity contribution in [1.82, 2.24) is 20.5 Å². The van der Waals surface area contributed by atoms with Crippen LogP contribution in [0.2, 0.25) is 0 Å². The summed E-state index contributed by atoms with van der Waals surface area (Å²) in [7, 11) is 0. The maximum absolute atomic E-state index is 13.2. The van der Waals surface area contributed by atoms with Crippen LogP contribution in [-0.4, -0.2) is 65.1 Å². The van der Waals surface area contributed by atoms with Crippen LogP contribution in [0, 0.1) is 0 Å². The van der Waals surface area contributed by atoms with E-state index in [2.05, 4.69) is 49.8 Å². The van der Waals surface area contributed by atoms with Crippen molar-refractivity contribution in [2.45, 2.75) is 70.3 Å². The third kappa shape index (κ3) is 8.92. The zero-order valence-electron chi connectivity index (χ0n) is 29.2. The van der Waals surface area contributed by atoms with E-state index in [0.29, 0.717) is 12.2 Å². The lowest BCUT2D eigenvalue weighted by molar-refractivity contribution is -0.136. The summed E-state index contributed by atoms with van der Waals surface area (Å²) in [5, 5.41) is 16.2. The summed E-state index contributed by atoms with van der Waals surface area (Å²) in [4.78, 5) is 68.1. The van der Waals surface area contributed by atoms with Crippen LogP contribution >= 0.6 is 0 Å². The molecule has 0 spiro atoms. The first kappa shape index (κ1) is 36.0. The largest absolute Gasteiger partial charge is 0.385 e. The number of pyridine rings is 1. The number of benzene rings is 3. The molecule has 5 N–H and O–H groups in total. The number of hydrogen-bond acceptors (Lipinski definition) is 9. The van der Waals surface area contributed by atoms with Gasteiger partial charge >= 0.3 is 0 Å². The Kier molecular flexibility index (Phi) is 12.1. The van der Waals surface area contributed by atoms with Crippen LogP contribution in [-0.2, 0) is 14.4 Å². The van der Waals surface area contributed by atoms with Crippen molar-refractivity contribution in [3.8, 4) is 0 Å². The number of imide groups is 2. The molecule has 0 saturated carbocycles.